The minimum Gasteiger partial charge on any atom is -0.291 e. The van der Waals surface area contributed by atoms with Crippen LogP contribution >= 0.6 is 22.7 Å². The molecule has 3 aromatic heterocycles. The summed E-state index contributed by atoms with van der Waals surface area (Å²) < 4.78 is 3.40. The molecule has 1 aromatic carbocycles. The van der Waals surface area contributed by atoms with Crippen LogP contribution in [0.15, 0.2) is 36.4 Å². The molecule has 0 amide bonds. The Bertz CT molecular complexity index is 1150. The number of Topliss-reactive ketones (excluding diaryl/α,β-unsaturated/α-hetero) is 1. The van der Waals surface area contributed by atoms with Crippen molar-refractivity contribution in [2.75, 3.05) is 0 Å². The molecule has 0 fully saturated rings. The molecule has 0 aliphatic carbocycles. The molecule has 6 heteroatoms. The summed E-state index contributed by atoms with van der Waals surface area (Å²) in [5.74, 6) is -0.530. The predicted octanol–water partition coefficient (Wildman–Crippen LogP) is 5.01. The molecule has 0 saturated heterocycles. The van der Waals surface area contributed by atoms with Crippen molar-refractivity contribution in [2.24, 2.45) is 0 Å². The first-order valence-corrected chi connectivity index (χ1v) is 9.37. The Labute approximate surface area is 152 Å². The second kappa shape index (κ2) is 6.03. The number of thiophene rings is 2. The molecule has 25 heavy (non-hydrogen) atoms. The first kappa shape index (κ1) is 15.9. The normalized spacial score (nSPS) is 12.4. The third-order valence-corrected chi connectivity index (χ3v) is 6.40. The number of fused-ring (bicyclic) bond motifs is 3. The molecule has 4 nitrogen and oxygen atoms in total. The number of ketones is 1. The third-order valence-electron chi connectivity index (χ3n) is 3.97. The van der Waals surface area contributed by atoms with E-state index in [1.165, 1.54) is 16.0 Å². The number of nitriles is 1. The Morgan fingerprint density at radius 3 is 2.68 bits per heavy atom. The number of aryl methyl sites for hydroxylation is 2. The zero-order valence-corrected chi connectivity index (χ0v) is 15.2. The maximum absolute atomic E-state index is 12.9. The van der Waals surface area contributed by atoms with Crippen molar-refractivity contribution in [1.82, 2.24) is 9.97 Å². The van der Waals surface area contributed by atoms with E-state index in [4.69, 9.17) is 0 Å². The second-order valence-electron chi connectivity index (χ2n) is 5.81. The van der Waals surface area contributed by atoms with E-state index in [-0.39, 0.29) is 5.78 Å². The van der Waals surface area contributed by atoms with Crippen molar-refractivity contribution < 1.29 is 4.79 Å². The number of carbonyl (C=O) groups is 1. The molecule has 0 aliphatic rings. The smallest absolute Gasteiger partial charge is 0.196 e. The predicted molar refractivity (Wildman–Crippen MR) is 101 cm³/mol. The van der Waals surface area contributed by atoms with Gasteiger partial charge in [0.2, 0.25) is 0 Å². The molecule has 0 spiro atoms. The lowest BCUT2D eigenvalue weighted by Crippen LogP contribution is -2.13. The largest absolute Gasteiger partial charge is 0.291 e. The Kier molecular flexibility index (Phi) is 3.83. The molecular weight excluding hydrogens is 350 g/mol. The highest BCUT2D eigenvalue weighted by Crippen LogP contribution is 2.40. The van der Waals surface area contributed by atoms with Gasteiger partial charge >= 0.3 is 0 Å². The van der Waals surface area contributed by atoms with Crippen LogP contribution in [0.5, 0.6) is 0 Å². The fourth-order valence-electron chi connectivity index (χ4n) is 2.92. The fraction of sp³-hybridized carbons (Fsp3) is 0.158. The zero-order valence-electron chi connectivity index (χ0n) is 13.6. The van der Waals surface area contributed by atoms with E-state index in [1.807, 2.05) is 25.1 Å². The lowest BCUT2D eigenvalue weighted by molar-refractivity contribution is 0.0981. The SMILES string of the molecule is Cc1cc([C@@H](C#N)C(=O)c2cc3sc4ccccc4c3s2)nc(C)n1. The molecule has 0 saturated carbocycles. The topological polar surface area (TPSA) is 66.6 Å². The number of nitrogens with zero attached hydrogens (tertiary/aromatic N) is 3. The van der Waals surface area contributed by atoms with Gasteiger partial charge in [-0.3, -0.25) is 4.79 Å². The molecular formula is C19H13N3OS2. The summed E-state index contributed by atoms with van der Waals surface area (Å²) in [5, 5.41) is 10.7. The molecule has 0 N–H and O–H groups in total. The Morgan fingerprint density at radius 1 is 1.12 bits per heavy atom. The summed E-state index contributed by atoms with van der Waals surface area (Å²) in [6, 6.07) is 13.9. The summed E-state index contributed by atoms with van der Waals surface area (Å²) in [6.45, 7) is 3.60. The van der Waals surface area contributed by atoms with Gasteiger partial charge in [-0.1, -0.05) is 18.2 Å². The Morgan fingerprint density at radius 2 is 1.92 bits per heavy atom. The summed E-state index contributed by atoms with van der Waals surface area (Å²) in [5.41, 5.74) is 1.23. The highest BCUT2D eigenvalue weighted by Gasteiger charge is 2.26. The van der Waals surface area contributed by atoms with Crippen LogP contribution in [0, 0.1) is 25.2 Å². The standard InChI is InChI=1S/C19H13N3OS2/c1-10-7-14(22-11(2)21-10)13(9-20)18(23)16-8-17-19(25-16)12-5-3-4-6-15(12)24-17/h3-8,13H,1-2H3/t13-/m1/s1. The average Bonchev–Trinajstić information content (AvgIpc) is 3.12. The number of benzene rings is 1. The van der Waals surface area contributed by atoms with Gasteiger partial charge < -0.3 is 0 Å². The number of carbonyl (C=O) groups excluding carboxylic acids is 1. The van der Waals surface area contributed by atoms with Crippen LogP contribution in [0.25, 0.3) is 19.5 Å². The molecule has 4 rings (SSSR count). The van der Waals surface area contributed by atoms with Gasteiger partial charge in [0, 0.05) is 20.5 Å². The van der Waals surface area contributed by atoms with E-state index in [1.54, 1.807) is 24.3 Å². The van der Waals surface area contributed by atoms with E-state index in [0.29, 0.717) is 16.4 Å². The first-order valence-electron chi connectivity index (χ1n) is 7.74. The second-order valence-corrected chi connectivity index (χ2v) is 7.95. The van der Waals surface area contributed by atoms with Crippen molar-refractivity contribution in [3.8, 4) is 6.07 Å². The molecule has 4 aromatic rings. The molecule has 0 radical (unpaired) electrons. The molecule has 122 valence electrons. The van der Waals surface area contributed by atoms with Crippen LogP contribution < -0.4 is 0 Å². The highest BCUT2D eigenvalue weighted by molar-refractivity contribution is 7.33. The van der Waals surface area contributed by atoms with Crippen LogP contribution in [0.4, 0.5) is 0 Å². The lowest BCUT2D eigenvalue weighted by atomic mass is 10.00. The number of hydrogen-bond donors (Lipinski definition) is 0. The van der Waals surface area contributed by atoms with Gasteiger partial charge in [0.05, 0.1) is 21.3 Å². The average molecular weight is 363 g/mol. The zero-order chi connectivity index (χ0) is 17.6. The summed E-state index contributed by atoms with van der Waals surface area (Å²) in [4.78, 5) is 22.1. The number of aromatic nitrogens is 2. The van der Waals surface area contributed by atoms with Crippen molar-refractivity contribution in [3.63, 3.8) is 0 Å². The quantitative estimate of drug-likeness (QED) is 0.480. The minimum absolute atomic E-state index is 0.197. The van der Waals surface area contributed by atoms with Crippen LogP contribution in [0.2, 0.25) is 0 Å². The van der Waals surface area contributed by atoms with E-state index in [2.05, 4.69) is 28.2 Å². The van der Waals surface area contributed by atoms with E-state index in [9.17, 15) is 10.1 Å². The van der Waals surface area contributed by atoms with Crippen LogP contribution in [-0.4, -0.2) is 15.8 Å². The first-order chi connectivity index (χ1) is 12.1. The van der Waals surface area contributed by atoms with Crippen molar-refractivity contribution in [1.29, 1.82) is 5.26 Å². The van der Waals surface area contributed by atoms with E-state index >= 15 is 0 Å². The Balaban J connectivity index is 1.78. The van der Waals surface area contributed by atoms with Crippen molar-refractivity contribution >= 4 is 47.9 Å². The van der Waals surface area contributed by atoms with Gasteiger partial charge in [-0.05, 0) is 32.0 Å². The van der Waals surface area contributed by atoms with Gasteiger partial charge in [0.25, 0.3) is 0 Å². The lowest BCUT2D eigenvalue weighted by Gasteiger charge is -2.08. The van der Waals surface area contributed by atoms with Gasteiger partial charge in [-0.2, -0.15) is 5.26 Å². The van der Waals surface area contributed by atoms with Crippen LogP contribution in [0.3, 0.4) is 0 Å². The van der Waals surface area contributed by atoms with Gasteiger partial charge in [-0.25, -0.2) is 9.97 Å². The van der Waals surface area contributed by atoms with Gasteiger partial charge in [0.15, 0.2) is 11.7 Å². The minimum atomic E-state index is -0.903. The van der Waals surface area contributed by atoms with Crippen molar-refractivity contribution in [3.05, 3.63) is 58.5 Å². The molecule has 1 atom stereocenters. The number of rotatable bonds is 3. The molecule has 0 bridgehead atoms. The van der Waals surface area contributed by atoms with E-state index in [0.717, 1.165) is 20.5 Å². The third kappa shape index (κ3) is 2.72. The molecule has 0 aliphatic heterocycles. The number of hydrogen-bond acceptors (Lipinski definition) is 6. The summed E-state index contributed by atoms with van der Waals surface area (Å²) in [6.07, 6.45) is 0. The van der Waals surface area contributed by atoms with Gasteiger partial charge in [0.1, 0.15) is 5.82 Å². The summed E-state index contributed by atoms with van der Waals surface area (Å²) in [7, 11) is 0. The van der Waals surface area contributed by atoms with Crippen LogP contribution in [0.1, 0.15) is 32.8 Å². The molecule has 3 heterocycles. The summed E-state index contributed by atoms with van der Waals surface area (Å²) >= 11 is 3.12. The van der Waals surface area contributed by atoms with Crippen molar-refractivity contribution in [2.45, 2.75) is 19.8 Å². The van der Waals surface area contributed by atoms with Crippen LogP contribution in [-0.2, 0) is 0 Å². The highest BCUT2D eigenvalue weighted by atomic mass is 32.1. The fourth-order valence-corrected chi connectivity index (χ4v) is 5.41. The van der Waals surface area contributed by atoms with E-state index < -0.39 is 5.92 Å². The maximum atomic E-state index is 12.9. The maximum Gasteiger partial charge on any atom is 0.196 e. The Hall–Kier alpha value is -2.62. The molecule has 0 unspecified atom stereocenters. The van der Waals surface area contributed by atoms with Gasteiger partial charge in [-0.15, -0.1) is 22.7 Å². The monoisotopic (exact) mass is 363 g/mol.